The van der Waals surface area contributed by atoms with Gasteiger partial charge in [-0.2, -0.15) is 10.5 Å². The van der Waals surface area contributed by atoms with E-state index < -0.39 is 5.91 Å². The number of benzene rings is 2. The summed E-state index contributed by atoms with van der Waals surface area (Å²) in [4.78, 5) is 12.7. The zero-order valence-electron chi connectivity index (χ0n) is 16.1. The number of carbonyl (C=O) groups excluding carboxylic acids is 1. The van der Waals surface area contributed by atoms with Crippen molar-refractivity contribution >= 4 is 28.6 Å². The predicted molar refractivity (Wildman–Crippen MR) is 112 cm³/mol. The zero-order valence-corrected chi connectivity index (χ0v) is 16.1. The molecule has 2 heterocycles. The molecule has 0 aliphatic carbocycles. The van der Waals surface area contributed by atoms with Gasteiger partial charge in [0.15, 0.2) is 11.5 Å². The first-order valence-electron chi connectivity index (χ1n) is 9.47. The maximum atomic E-state index is 12.7. The fourth-order valence-electron chi connectivity index (χ4n) is 3.37. The minimum atomic E-state index is -0.511. The first-order valence-corrected chi connectivity index (χ1v) is 9.47. The summed E-state index contributed by atoms with van der Waals surface area (Å²) in [7, 11) is 0. The molecule has 30 heavy (non-hydrogen) atoms. The van der Waals surface area contributed by atoms with E-state index in [0.717, 1.165) is 16.5 Å². The number of amides is 1. The highest BCUT2D eigenvalue weighted by molar-refractivity contribution is 6.10. The van der Waals surface area contributed by atoms with Crippen LogP contribution in [-0.4, -0.2) is 23.7 Å². The van der Waals surface area contributed by atoms with Gasteiger partial charge in [-0.3, -0.25) is 4.79 Å². The van der Waals surface area contributed by atoms with E-state index in [1.165, 1.54) is 0 Å². The van der Waals surface area contributed by atoms with Crippen LogP contribution in [0.3, 0.4) is 0 Å². The Hall–Kier alpha value is -4.23. The van der Waals surface area contributed by atoms with Gasteiger partial charge >= 0.3 is 0 Å². The summed E-state index contributed by atoms with van der Waals surface area (Å²) < 4.78 is 13.0. The van der Waals surface area contributed by atoms with Crippen molar-refractivity contribution in [3.8, 4) is 23.6 Å². The lowest BCUT2D eigenvalue weighted by atomic mass is 10.1. The van der Waals surface area contributed by atoms with E-state index in [1.54, 1.807) is 24.3 Å². The number of rotatable bonds is 5. The van der Waals surface area contributed by atoms with Crippen LogP contribution in [0.5, 0.6) is 11.5 Å². The molecule has 0 spiro atoms. The van der Waals surface area contributed by atoms with Gasteiger partial charge in [-0.05, 0) is 24.3 Å². The zero-order chi connectivity index (χ0) is 20.9. The summed E-state index contributed by atoms with van der Waals surface area (Å²) in [6.07, 6.45) is 3.80. The van der Waals surface area contributed by atoms with Gasteiger partial charge in [-0.25, -0.2) is 0 Å². The quantitative estimate of drug-likeness (QED) is 0.519. The second-order valence-electron chi connectivity index (χ2n) is 6.69. The third-order valence-corrected chi connectivity index (χ3v) is 4.75. The highest BCUT2D eigenvalue weighted by Gasteiger charge is 2.16. The molecule has 1 amide bonds. The van der Waals surface area contributed by atoms with Crippen LogP contribution in [0.2, 0.25) is 0 Å². The molecule has 3 aromatic rings. The monoisotopic (exact) mass is 398 g/mol. The average Bonchev–Trinajstić information content (AvgIpc) is 3.13. The fraction of sp³-hybridized carbons (Fsp3) is 0.174. The van der Waals surface area contributed by atoms with Crippen molar-refractivity contribution in [3.05, 3.63) is 59.8 Å². The maximum Gasteiger partial charge on any atom is 0.266 e. The molecule has 0 fully saturated rings. The molecule has 1 N–H and O–H groups in total. The predicted octanol–water partition coefficient (Wildman–Crippen LogP) is 3.87. The third kappa shape index (κ3) is 3.82. The van der Waals surface area contributed by atoms with Crippen molar-refractivity contribution in [2.24, 2.45) is 0 Å². The van der Waals surface area contributed by atoms with Crippen LogP contribution in [0.15, 0.2) is 54.2 Å². The second kappa shape index (κ2) is 8.42. The van der Waals surface area contributed by atoms with E-state index in [9.17, 15) is 10.1 Å². The molecular formula is C23H18N4O3. The first-order chi connectivity index (χ1) is 14.7. The molecule has 7 nitrogen and oxygen atoms in total. The largest absolute Gasteiger partial charge is 0.486 e. The van der Waals surface area contributed by atoms with E-state index in [-0.39, 0.29) is 5.57 Å². The first kappa shape index (κ1) is 19.1. The number of hydrogen-bond acceptors (Lipinski definition) is 5. The molecule has 7 heteroatoms. The highest BCUT2D eigenvalue weighted by Crippen LogP contribution is 2.32. The second-order valence-corrected chi connectivity index (χ2v) is 6.69. The number of carbonyl (C=O) groups is 1. The average molecular weight is 398 g/mol. The highest BCUT2D eigenvalue weighted by atomic mass is 16.6. The molecule has 0 radical (unpaired) electrons. The normalized spacial score (nSPS) is 12.8. The molecule has 1 aliphatic heterocycles. The molecule has 0 saturated heterocycles. The lowest BCUT2D eigenvalue weighted by molar-refractivity contribution is -0.112. The van der Waals surface area contributed by atoms with Crippen LogP contribution >= 0.6 is 0 Å². The number of hydrogen-bond donors (Lipinski definition) is 1. The van der Waals surface area contributed by atoms with Crippen molar-refractivity contribution < 1.29 is 14.3 Å². The molecular weight excluding hydrogens is 380 g/mol. The number of nitrogens with one attached hydrogen (secondary N) is 1. The van der Waals surface area contributed by atoms with E-state index >= 15 is 0 Å². The van der Waals surface area contributed by atoms with Gasteiger partial charge in [0, 0.05) is 41.0 Å². The van der Waals surface area contributed by atoms with E-state index in [0.29, 0.717) is 43.4 Å². The Morgan fingerprint density at radius 2 is 1.93 bits per heavy atom. The lowest BCUT2D eigenvalue weighted by Crippen LogP contribution is -2.17. The van der Waals surface area contributed by atoms with E-state index in [2.05, 4.69) is 11.4 Å². The van der Waals surface area contributed by atoms with Crippen molar-refractivity contribution in [2.45, 2.75) is 13.0 Å². The molecule has 148 valence electrons. The van der Waals surface area contributed by atoms with Crippen LogP contribution < -0.4 is 14.8 Å². The summed E-state index contributed by atoms with van der Waals surface area (Å²) in [5, 5.41) is 22.1. The van der Waals surface area contributed by atoms with Gasteiger partial charge in [0.1, 0.15) is 24.9 Å². The summed E-state index contributed by atoms with van der Waals surface area (Å²) in [6, 6.07) is 16.9. The molecule has 0 atom stereocenters. The van der Waals surface area contributed by atoms with Gasteiger partial charge in [0.05, 0.1) is 12.5 Å². The van der Waals surface area contributed by atoms with Gasteiger partial charge < -0.3 is 19.4 Å². The summed E-state index contributed by atoms with van der Waals surface area (Å²) in [5.41, 5.74) is 2.19. The summed E-state index contributed by atoms with van der Waals surface area (Å²) >= 11 is 0. The molecule has 1 aromatic heterocycles. The van der Waals surface area contributed by atoms with Gasteiger partial charge in [0.2, 0.25) is 0 Å². The Kier molecular flexibility index (Phi) is 5.36. The number of para-hydroxylation sites is 1. The standard InChI is InChI=1S/C23H18N4O3/c24-8-3-9-27-15-17(19-4-1-2-5-20(19)27)12-16(14-25)23(28)26-18-6-7-21-22(13-18)30-11-10-29-21/h1-2,4-7,12-13,15H,3,9-11H2,(H,26,28)/b16-12+. The van der Waals surface area contributed by atoms with Gasteiger partial charge in [-0.15, -0.1) is 0 Å². The van der Waals surface area contributed by atoms with Crippen LogP contribution in [-0.2, 0) is 11.3 Å². The minimum absolute atomic E-state index is 0.0203. The van der Waals surface area contributed by atoms with Crippen molar-refractivity contribution in [2.75, 3.05) is 18.5 Å². The molecule has 0 unspecified atom stereocenters. The molecule has 2 aromatic carbocycles. The van der Waals surface area contributed by atoms with E-state index in [4.69, 9.17) is 14.7 Å². The SMILES string of the molecule is N#CCCn1cc(/C=C(\C#N)C(=O)Nc2ccc3c(c2)OCCO3)c2ccccc21. The maximum absolute atomic E-state index is 12.7. The Labute approximate surface area is 173 Å². The summed E-state index contributed by atoms with van der Waals surface area (Å²) in [5.74, 6) is 0.672. The number of aryl methyl sites for hydroxylation is 1. The number of fused-ring (bicyclic) bond motifs is 2. The number of ether oxygens (including phenoxy) is 2. The topological polar surface area (TPSA) is 100 Å². The third-order valence-electron chi connectivity index (χ3n) is 4.75. The smallest absolute Gasteiger partial charge is 0.266 e. The van der Waals surface area contributed by atoms with Crippen molar-refractivity contribution in [3.63, 3.8) is 0 Å². The molecule has 1 aliphatic rings. The number of nitrogens with zero attached hydrogens (tertiary/aromatic N) is 3. The Morgan fingerprint density at radius 1 is 1.13 bits per heavy atom. The fourth-order valence-corrected chi connectivity index (χ4v) is 3.37. The van der Waals surface area contributed by atoms with Crippen LogP contribution in [0.1, 0.15) is 12.0 Å². The lowest BCUT2D eigenvalue weighted by Gasteiger charge is -2.18. The minimum Gasteiger partial charge on any atom is -0.486 e. The van der Waals surface area contributed by atoms with Crippen molar-refractivity contribution in [1.82, 2.24) is 4.57 Å². The number of anilines is 1. The number of nitriles is 2. The molecule has 0 bridgehead atoms. The Balaban J connectivity index is 1.62. The van der Waals surface area contributed by atoms with Gasteiger partial charge in [-0.1, -0.05) is 18.2 Å². The van der Waals surface area contributed by atoms with Crippen LogP contribution in [0, 0.1) is 22.7 Å². The Morgan fingerprint density at radius 3 is 2.73 bits per heavy atom. The molecule has 0 saturated carbocycles. The van der Waals surface area contributed by atoms with Crippen LogP contribution in [0.4, 0.5) is 5.69 Å². The van der Waals surface area contributed by atoms with Crippen molar-refractivity contribution in [1.29, 1.82) is 10.5 Å². The summed E-state index contributed by atoms with van der Waals surface area (Å²) in [6.45, 7) is 1.47. The Bertz CT molecular complexity index is 1230. The van der Waals surface area contributed by atoms with Gasteiger partial charge in [0.25, 0.3) is 5.91 Å². The number of aromatic nitrogens is 1. The van der Waals surface area contributed by atoms with Crippen LogP contribution in [0.25, 0.3) is 17.0 Å². The van der Waals surface area contributed by atoms with E-state index in [1.807, 2.05) is 41.1 Å². The molecule has 4 rings (SSSR count).